The van der Waals surface area contributed by atoms with Crippen LogP contribution in [0, 0.1) is 5.41 Å². The smallest absolute Gasteiger partial charge is 0.313 e. The van der Waals surface area contributed by atoms with Gasteiger partial charge in [0.05, 0.1) is 13.2 Å². The van der Waals surface area contributed by atoms with Crippen molar-refractivity contribution in [1.29, 1.82) is 0 Å². The zero-order valence-electron chi connectivity index (χ0n) is 12.3. The van der Waals surface area contributed by atoms with Gasteiger partial charge in [-0.1, -0.05) is 18.2 Å². The third kappa shape index (κ3) is 3.95. The highest BCUT2D eigenvalue weighted by molar-refractivity contribution is 5.76. The highest BCUT2D eigenvalue weighted by atomic mass is 16.5. The largest absolute Gasteiger partial charge is 0.492 e. The number of hydrogen-bond donors (Lipinski definition) is 1. The Bertz CT molecular complexity index is 473. The van der Waals surface area contributed by atoms with Crippen LogP contribution < -0.4 is 4.74 Å². The second-order valence-electron chi connectivity index (χ2n) is 5.37. The van der Waals surface area contributed by atoms with Gasteiger partial charge in [0.15, 0.2) is 0 Å². The Labute approximate surface area is 124 Å². The van der Waals surface area contributed by atoms with E-state index in [0.29, 0.717) is 39.1 Å². The number of carbonyl (C=O) groups is 1. The summed E-state index contributed by atoms with van der Waals surface area (Å²) < 4.78 is 16.0. The number of fused-ring (bicyclic) bond motifs is 1. The lowest BCUT2D eigenvalue weighted by Gasteiger charge is -2.34. The number of hydrogen-bond acceptors (Lipinski definition) is 4. The molecule has 1 N–H and O–H groups in total. The Balaban J connectivity index is 1.92. The predicted octanol–water partition coefficient (Wildman–Crippen LogP) is 2.14. The molecule has 0 amide bonds. The minimum atomic E-state index is -0.848. The van der Waals surface area contributed by atoms with Crippen LogP contribution in [0.15, 0.2) is 24.3 Å². The first-order valence-electron chi connectivity index (χ1n) is 7.19. The summed E-state index contributed by atoms with van der Waals surface area (Å²) in [6.45, 7) is 1.86. The molecule has 5 nitrogen and oxygen atoms in total. The Kier molecular flexibility index (Phi) is 5.59. The summed E-state index contributed by atoms with van der Waals surface area (Å²) in [7, 11) is 1.62. The fraction of sp³-hybridized carbons (Fsp3) is 0.562. The van der Waals surface area contributed by atoms with E-state index in [2.05, 4.69) is 0 Å². The van der Waals surface area contributed by atoms with E-state index >= 15 is 0 Å². The van der Waals surface area contributed by atoms with Crippen LogP contribution in [0.5, 0.6) is 5.75 Å². The molecule has 0 aliphatic carbocycles. The average molecular weight is 294 g/mol. The predicted molar refractivity (Wildman–Crippen MR) is 77.6 cm³/mol. The van der Waals surface area contributed by atoms with E-state index < -0.39 is 11.4 Å². The first-order chi connectivity index (χ1) is 10.2. The van der Waals surface area contributed by atoms with Gasteiger partial charge in [-0.15, -0.1) is 0 Å². The number of methoxy groups -OCH3 is 1. The molecule has 116 valence electrons. The van der Waals surface area contributed by atoms with Crippen LogP contribution in [-0.2, 0) is 20.7 Å². The molecule has 0 fully saturated rings. The van der Waals surface area contributed by atoms with Gasteiger partial charge in [0.25, 0.3) is 0 Å². The third-order valence-electron chi connectivity index (χ3n) is 3.83. The lowest BCUT2D eigenvalue weighted by molar-refractivity contribution is -0.152. The van der Waals surface area contributed by atoms with Crippen molar-refractivity contribution >= 4 is 5.97 Å². The first-order valence-corrected chi connectivity index (χ1v) is 7.19. The molecule has 0 saturated heterocycles. The monoisotopic (exact) mass is 294 g/mol. The van der Waals surface area contributed by atoms with Gasteiger partial charge in [-0.3, -0.25) is 4.79 Å². The molecule has 0 aromatic heterocycles. The fourth-order valence-electron chi connectivity index (χ4n) is 2.58. The summed E-state index contributed by atoms with van der Waals surface area (Å²) in [4.78, 5) is 11.7. The van der Waals surface area contributed by atoms with Gasteiger partial charge in [0.2, 0.25) is 0 Å². The highest BCUT2D eigenvalue weighted by Crippen LogP contribution is 2.37. The van der Waals surface area contributed by atoms with E-state index in [-0.39, 0.29) is 6.61 Å². The Morgan fingerprint density at radius 1 is 1.33 bits per heavy atom. The van der Waals surface area contributed by atoms with Crippen LogP contribution in [0.25, 0.3) is 0 Å². The van der Waals surface area contributed by atoms with Gasteiger partial charge < -0.3 is 19.3 Å². The molecule has 1 heterocycles. The van der Waals surface area contributed by atoms with Crippen LogP contribution in [-0.4, -0.2) is 44.6 Å². The van der Waals surface area contributed by atoms with E-state index in [1.54, 1.807) is 7.11 Å². The summed E-state index contributed by atoms with van der Waals surface area (Å²) >= 11 is 0. The fourth-order valence-corrected chi connectivity index (χ4v) is 2.58. The zero-order valence-corrected chi connectivity index (χ0v) is 12.3. The summed E-state index contributed by atoms with van der Waals surface area (Å²) in [6, 6.07) is 7.63. The van der Waals surface area contributed by atoms with Crippen molar-refractivity contribution in [2.24, 2.45) is 5.41 Å². The zero-order chi connectivity index (χ0) is 15.1. The minimum absolute atomic E-state index is 0.220. The van der Waals surface area contributed by atoms with Crippen LogP contribution in [0.2, 0.25) is 0 Å². The normalized spacial score (nSPS) is 20.6. The average Bonchev–Trinajstić information content (AvgIpc) is 2.50. The van der Waals surface area contributed by atoms with Crippen molar-refractivity contribution in [3.8, 4) is 5.75 Å². The molecule has 1 aromatic carbocycles. The quantitative estimate of drug-likeness (QED) is 0.744. The summed E-state index contributed by atoms with van der Waals surface area (Å²) in [5.41, 5.74) is 0.116. The number of carboxylic acid groups (broad SMARTS) is 1. The number of ether oxygens (including phenoxy) is 3. The number of carboxylic acids is 1. The van der Waals surface area contributed by atoms with Crippen LogP contribution in [0.1, 0.15) is 18.4 Å². The van der Waals surface area contributed by atoms with Crippen LogP contribution in [0.3, 0.4) is 0 Å². The summed E-state index contributed by atoms with van der Waals surface area (Å²) in [5.74, 6) is -0.000357. The van der Waals surface area contributed by atoms with Crippen molar-refractivity contribution < 1.29 is 24.1 Å². The molecule has 0 radical (unpaired) electrons. The maximum Gasteiger partial charge on any atom is 0.313 e. The second-order valence-corrected chi connectivity index (χ2v) is 5.37. The first kappa shape index (κ1) is 15.8. The lowest BCUT2D eigenvalue weighted by atomic mass is 9.77. The molecular weight excluding hydrogens is 272 g/mol. The molecular formula is C16H22O5. The van der Waals surface area contributed by atoms with E-state index in [1.807, 2.05) is 24.3 Å². The Hall–Kier alpha value is -1.59. The van der Waals surface area contributed by atoms with Crippen molar-refractivity contribution in [3.63, 3.8) is 0 Å². The van der Waals surface area contributed by atoms with E-state index in [1.165, 1.54) is 0 Å². The van der Waals surface area contributed by atoms with Crippen molar-refractivity contribution in [3.05, 3.63) is 29.8 Å². The highest BCUT2D eigenvalue weighted by Gasteiger charge is 2.42. The Morgan fingerprint density at radius 3 is 2.90 bits per heavy atom. The summed E-state index contributed by atoms with van der Waals surface area (Å²) in [6.07, 6.45) is 1.75. The number of benzene rings is 1. The lowest BCUT2D eigenvalue weighted by Crippen LogP contribution is -2.42. The summed E-state index contributed by atoms with van der Waals surface area (Å²) in [5, 5.41) is 9.61. The van der Waals surface area contributed by atoms with Crippen molar-refractivity contribution in [2.75, 3.05) is 33.5 Å². The molecule has 1 aromatic rings. The number of aliphatic carboxylic acids is 1. The molecule has 1 atom stereocenters. The van der Waals surface area contributed by atoms with E-state index in [0.717, 1.165) is 11.3 Å². The maximum absolute atomic E-state index is 11.7. The van der Waals surface area contributed by atoms with Gasteiger partial charge >= 0.3 is 5.97 Å². The van der Waals surface area contributed by atoms with Gasteiger partial charge in [-0.25, -0.2) is 0 Å². The van der Waals surface area contributed by atoms with Gasteiger partial charge in [-0.05, 0) is 30.9 Å². The molecule has 1 aliphatic rings. The topological polar surface area (TPSA) is 65.0 Å². The Morgan fingerprint density at radius 2 is 2.14 bits per heavy atom. The SMILES string of the molecule is COCCOCCCC1(C(=O)O)COc2ccccc2C1. The molecule has 21 heavy (non-hydrogen) atoms. The van der Waals surface area contributed by atoms with Crippen LogP contribution in [0.4, 0.5) is 0 Å². The van der Waals surface area contributed by atoms with Gasteiger partial charge in [-0.2, -0.15) is 0 Å². The van der Waals surface area contributed by atoms with Crippen molar-refractivity contribution in [2.45, 2.75) is 19.3 Å². The molecule has 2 rings (SSSR count). The molecule has 5 heteroatoms. The molecule has 1 aliphatic heterocycles. The second kappa shape index (κ2) is 7.43. The van der Waals surface area contributed by atoms with E-state index in [9.17, 15) is 9.90 Å². The van der Waals surface area contributed by atoms with Gasteiger partial charge in [0, 0.05) is 13.7 Å². The van der Waals surface area contributed by atoms with Crippen molar-refractivity contribution in [1.82, 2.24) is 0 Å². The van der Waals surface area contributed by atoms with Gasteiger partial charge in [0.1, 0.15) is 17.8 Å². The number of rotatable bonds is 8. The molecule has 0 bridgehead atoms. The molecule has 0 saturated carbocycles. The number of para-hydroxylation sites is 1. The maximum atomic E-state index is 11.7. The minimum Gasteiger partial charge on any atom is -0.492 e. The molecule has 1 unspecified atom stereocenters. The van der Waals surface area contributed by atoms with E-state index in [4.69, 9.17) is 14.2 Å². The molecule has 0 spiro atoms. The third-order valence-corrected chi connectivity index (χ3v) is 3.83. The standard InChI is InChI=1S/C16H22O5/c1-19-9-10-20-8-4-7-16(15(17)18)11-13-5-2-3-6-14(13)21-12-16/h2-3,5-6H,4,7-12H2,1H3,(H,17,18). The van der Waals surface area contributed by atoms with Crippen LogP contribution >= 0.6 is 0 Å².